The molecule has 0 fully saturated rings. The van der Waals surface area contributed by atoms with Crippen LogP contribution in [-0.2, 0) is 33.5 Å². The first-order valence-electron chi connectivity index (χ1n) is 9.86. The summed E-state index contributed by atoms with van der Waals surface area (Å²) in [4.78, 5) is 34.7. The standard InChI is InChI=1S/C21H22F3N5O3/c1-4-32-19(31)12-28(11-15-5-7-16(8-6-15)21(22,23)24)18(30)10-17-26-20-25-13(2)9-14(3)29(20)27-17/h5-9H,4,10-12H2,1-3H3. The van der Waals surface area contributed by atoms with Crippen molar-refractivity contribution < 1.29 is 27.5 Å². The number of amides is 1. The fourth-order valence-electron chi connectivity index (χ4n) is 3.14. The Labute approximate surface area is 182 Å². The lowest BCUT2D eigenvalue weighted by atomic mass is 10.1. The maximum Gasteiger partial charge on any atom is 0.416 e. The van der Waals surface area contributed by atoms with E-state index >= 15 is 0 Å². The molecule has 0 spiro atoms. The van der Waals surface area contributed by atoms with Crippen LogP contribution in [-0.4, -0.2) is 49.5 Å². The van der Waals surface area contributed by atoms with Gasteiger partial charge < -0.3 is 9.64 Å². The van der Waals surface area contributed by atoms with E-state index in [4.69, 9.17) is 4.74 Å². The van der Waals surface area contributed by atoms with Gasteiger partial charge in [0.2, 0.25) is 5.91 Å². The van der Waals surface area contributed by atoms with Gasteiger partial charge in [-0.25, -0.2) is 9.50 Å². The number of ether oxygens (including phenoxy) is 1. The van der Waals surface area contributed by atoms with E-state index in [1.54, 1.807) is 6.92 Å². The Bertz CT molecular complexity index is 1130. The molecule has 0 saturated heterocycles. The Balaban J connectivity index is 1.80. The second kappa shape index (κ2) is 9.33. The van der Waals surface area contributed by atoms with Crippen molar-refractivity contribution in [2.24, 2.45) is 0 Å². The fraction of sp³-hybridized carbons (Fsp3) is 0.381. The highest BCUT2D eigenvalue weighted by Gasteiger charge is 2.30. The molecule has 11 heteroatoms. The highest BCUT2D eigenvalue weighted by atomic mass is 19.4. The third kappa shape index (κ3) is 5.59. The van der Waals surface area contributed by atoms with Crippen LogP contribution < -0.4 is 0 Å². The number of fused-ring (bicyclic) bond motifs is 1. The largest absolute Gasteiger partial charge is 0.465 e. The predicted octanol–water partition coefficient (Wildman–Crippen LogP) is 2.89. The van der Waals surface area contributed by atoms with E-state index in [1.165, 1.54) is 21.5 Å². The fourth-order valence-corrected chi connectivity index (χ4v) is 3.14. The number of aromatic nitrogens is 4. The van der Waals surface area contributed by atoms with Crippen LogP contribution in [0.1, 0.15) is 35.3 Å². The van der Waals surface area contributed by atoms with Crippen molar-refractivity contribution in [2.45, 2.75) is 39.9 Å². The van der Waals surface area contributed by atoms with Crippen LogP contribution in [0.2, 0.25) is 0 Å². The monoisotopic (exact) mass is 449 g/mol. The number of esters is 1. The zero-order chi connectivity index (χ0) is 23.5. The number of hydrogen-bond acceptors (Lipinski definition) is 6. The first-order chi connectivity index (χ1) is 15.1. The summed E-state index contributed by atoms with van der Waals surface area (Å²) in [5, 5.41) is 4.29. The topological polar surface area (TPSA) is 89.7 Å². The SMILES string of the molecule is CCOC(=O)CN(Cc1ccc(C(F)(F)F)cc1)C(=O)Cc1nc2nc(C)cc(C)n2n1. The van der Waals surface area contributed by atoms with Crippen LogP contribution in [0.25, 0.3) is 5.78 Å². The second-order valence-electron chi connectivity index (χ2n) is 7.21. The molecule has 0 aliphatic carbocycles. The summed E-state index contributed by atoms with van der Waals surface area (Å²) in [6, 6.07) is 6.23. The minimum Gasteiger partial charge on any atom is -0.465 e. The number of aryl methyl sites for hydroxylation is 2. The highest BCUT2D eigenvalue weighted by molar-refractivity contribution is 5.83. The van der Waals surface area contributed by atoms with Crippen molar-refractivity contribution in [3.63, 3.8) is 0 Å². The summed E-state index contributed by atoms with van der Waals surface area (Å²) in [6.07, 6.45) is -4.67. The van der Waals surface area contributed by atoms with Crippen molar-refractivity contribution in [3.05, 3.63) is 58.7 Å². The number of hydrogen-bond donors (Lipinski definition) is 0. The zero-order valence-corrected chi connectivity index (χ0v) is 17.8. The molecule has 170 valence electrons. The highest BCUT2D eigenvalue weighted by Crippen LogP contribution is 2.29. The Morgan fingerprint density at radius 2 is 1.81 bits per heavy atom. The van der Waals surface area contributed by atoms with Gasteiger partial charge in [-0.05, 0) is 44.5 Å². The van der Waals surface area contributed by atoms with Gasteiger partial charge in [0, 0.05) is 17.9 Å². The molecule has 3 rings (SSSR count). The molecular weight excluding hydrogens is 427 g/mol. The Morgan fingerprint density at radius 1 is 1.12 bits per heavy atom. The van der Waals surface area contributed by atoms with Gasteiger partial charge in [-0.2, -0.15) is 18.2 Å². The van der Waals surface area contributed by atoms with Crippen LogP contribution in [0.4, 0.5) is 13.2 Å². The van der Waals surface area contributed by atoms with E-state index in [1.807, 2.05) is 19.9 Å². The van der Waals surface area contributed by atoms with Gasteiger partial charge in [-0.15, -0.1) is 5.10 Å². The lowest BCUT2D eigenvalue weighted by molar-refractivity contribution is -0.149. The van der Waals surface area contributed by atoms with E-state index in [9.17, 15) is 22.8 Å². The van der Waals surface area contributed by atoms with Gasteiger partial charge in [0.25, 0.3) is 5.78 Å². The van der Waals surface area contributed by atoms with Gasteiger partial charge in [0.1, 0.15) is 6.54 Å². The summed E-state index contributed by atoms with van der Waals surface area (Å²) >= 11 is 0. The third-order valence-corrected chi connectivity index (χ3v) is 4.60. The van der Waals surface area contributed by atoms with Crippen molar-refractivity contribution in [3.8, 4) is 0 Å². The lowest BCUT2D eigenvalue weighted by Crippen LogP contribution is -2.37. The second-order valence-corrected chi connectivity index (χ2v) is 7.21. The van der Waals surface area contributed by atoms with Gasteiger partial charge in [0.05, 0.1) is 18.6 Å². The molecule has 2 heterocycles. The minimum atomic E-state index is -4.46. The predicted molar refractivity (Wildman–Crippen MR) is 107 cm³/mol. The summed E-state index contributed by atoms with van der Waals surface area (Å²) in [7, 11) is 0. The molecule has 0 unspecified atom stereocenters. The first-order valence-corrected chi connectivity index (χ1v) is 9.86. The lowest BCUT2D eigenvalue weighted by Gasteiger charge is -2.21. The zero-order valence-electron chi connectivity index (χ0n) is 17.8. The molecule has 0 aliphatic heterocycles. The number of nitrogens with zero attached hydrogens (tertiary/aromatic N) is 5. The van der Waals surface area contributed by atoms with Gasteiger partial charge in [-0.3, -0.25) is 9.59 Å². The Morgan fingerprint density at radius 3 is 2.44 bits per heavy atom. The molecule has 3 aromatic rings. The average Bonchev–Trinajstić information content (AvgIpc) is 3.10. The van der Waals surface area contributed by atoms with Crippen molar-refractivity contribution in [2.75, 3.05) is 13.2 Å². The maximum absolute atomic E-state index is 12.9. The number of benzene rings is 1. The summed E-state index contributed by atoms with van der Waals surface area (Å²) in [6.45, 7) is 5.01. The van der Waals surface area contributed by atoms with E-state index in [0.717, 1.165) is 23.5 Å². The van der Waals surface area contributed by atoms with Crippen molar-refractivity contribution >= 4 is 17.7 Å². The molecule has 2 aromatic heterocycles. The van der Waals surface area contributed by atoms with Crippen LogP contribution in [0.5, 0.6) is 0 Å². The number of alkyl halides is 3. The molecule has 32 heavy (non-hydrogen) atoms. The number of carbonyl (C=O) groups excluding carboxylic acids is 2. The van der Waals surface area contributed by atoms with Crippen LogP contribution in [0.15, 0.2) is 30.3 Å². The third-order valence-electron chi connectivity index (χ3n) is 4.60. The molecule has 0 saturated carbocycles. The van der Waals surface area contributed by atoms with E-state index < -0.39 is 23.6 Å². The summed E-state index contributed by atoms with van der Waals surface area (Å²) in [5.74, 6) is -0.519. The summed E-state index contributed by atoms with van der Waals surface area (Å²) in [5.41, 5.74) is 1.20. The normalized spacial score (nSPS) is 11.6. The first kappa shape index (κ1) is 23.2. The molecule has 1 aromatic carbocycles. The molecule has 0 atom stereocenters. The Hall–Kier alpha value is -3.50. The smallest absolute Gasteiger partial charge is 0.416 e. The molecule has 0 bridgehead atoms. The molecule has 0 N–H and O–H groups in total. The van der Waals surface area contributed by atoms with Crippen LogP contribution in [0.3, 0.4) is 0 Å². The molecule has 8 nitrogen and oxygen atoms in total. The van der Waals surface area contributed by atoms with E-state index in [2.05, 4.69) is 15.1 Å². The van der Waals surface area contributed by atoms with Gasteiger partial charge >= 0.3 is 12.1 Å². The quantitative estimate of drug-likeness (QED) is 0.516. The number of carbonyl (C=O) groups is 2. The van der Waals surface area contributed by atoms with E-state index in [-0.39, 0.29) is 31.9 Å². The number of halogens is 3. The minimum absolute atomic E-state index is 0.0699. The summed E-state index contributed by atoms with van der Waals surface area (Å²) < 4.78 is 44.9. The molecule has 1 amide bonds. The van der Waals surface area contributed by atoms with Crippen molar-refractivity contribution in [1.82, 2.24) is 24.5 Å². The van der Waals surface area contributed by atoms with Gasteiger partial charge in [0.15, 0.2) is 5.82 Å². The molecular formula is C21H22F3N5O3. The molecule has 0 radical (unpaired) electrons. The van der Waals surface area contributed by atoms with E-state index in [0.29, 0.717) is 11.3 Å². The number of rotatable bonds is 7. The Kier molecular flexibility index (Phi) is 6.75. The average molecular weight is 449 g/mol. The van der Waals surface area contributed by atoms with Crippen LogP contribution in [0, 0.1) is 13.8 Å². The van der Waals surface area contributed by atoms with Gasteiger partial charge in [-0.1, -0.05) is 12.1 Å². The van der Waals surface area contributed by atoms with Crippen LogP contribution >= 0.6 is 0 Å². The molecule has 0 aliphatic rings. The van der Waals surface area contributed by atoms with Crippen molar-refractivity contribution in [1.29, 1.82) is 0 Å². The maximum atomic E-state index is 12.9.